The second kappa shape index (κ2) is 13.6. The number of aliphatic imine (C=N–C) groups is 1. The highest BCUT2D eigenvalue weighted by Gasteiger charge is 2.05. The highest BCUT2D eigenvalue weighted by molar-refractivity contribution is 6.31. The summed E-state index contributed by atoms with van der Waals surface area (Å²) in [5, 5.41) is 6.75. The lowest BCUT2D eigenvalue weighted by atomic mass is 10.1. The van der Waals surface area contributed by atoms with Gasteiger partial charge >= 0.3 is 0 Å². The van der Waals surface area contributed by atoms with Crippen molar-refractivity contribution >= 4 is 23.0 Å². The molecule has 0 aliphatic rings. The summed E-state index contributed by atoms with van der Waals surface area (Å²) in [6, 6.07) is 9.44. The largest absolute Gasteiger partial charge is 0.478 e. The molecule has 0 spiro atoms. The summed E-state index contributed by atoms with van der Waals surface area (Å²) >= 11 is 6.26. The number of nitrogens with zero attached hydrogens (tertiary/aromatic N) is 3. The number of benzene rings is 1. The number of ether oxygens (including phenoxy) is 2. The van der Waals surface area contributed by atoms with Crippen LogP contribution in [0.2, 0.25) is 5.02 Å². The second-order valence-corrected chi connectivity index (χ2v) is 7.24. The van der Waals surface area contributed by atoms with Gasteiger partial charge in [-0.1, -0.05) is 23.7 Å². The van der Waals surface area contributed by atoms with E-state index in [1.54, 1.807) is 18.3 Å². The number of halogens is 1. The molecule has 1 N–H and O–H groups in total. The van der Waals surface area contributed by atoms with E-state index in [1.165, 1.54) is 0 Å². The molecule has 0 atom stereocenters. The zero-order valence-electron chi connectivity index (χ0n) is 18.2. The topological polar surface area (TPSA) is 85.2 Å². The third-order valence-electron chi connectivity index (χ3n) is 4.42. The van der Waals surface area contributed by atoms with Gasteiger partial charge in [-0.25, -0.2) is 4.98 Å². The van der Waals surface area contributed by atoms with Gasteiger partial charge < -0.3 is 14.8 Å². The van der Waals surface area contributed by atoms with Crippen molar-refractivity contribution in [1.82, 2.24) is 10.3 Å². The van der Waals surface area contributed by atoms with Gasteiger partial charge in [-0.2, -0.15) is 0 Å². The summed E-state index contributed by atoms with van der Waals surface area (Å²) in [7, 11) is 1.88. The van der Waals surface area contributed by atoms with E-state index >= 15 is 0 Å². The Labute approximate surface area is 188 Å². The normalized spacial score (nSPS) is 12.1. The van der Waals surface area contributed by atoms with Crippen LogP contribution in [0.25, 0.3) is 5.57 Å². The number of nitroso groups, excluding NO2 is 1. The first-order valence-corrected chi connectivity index (χ1v) is 10.6. The van der Waals surface area contributed by atoms with Crippen molar-refractivity contribution in [3.05, 3.63) is 69.2 Å². The van der Waals surface area contributed by atoms with Crippen LogP contribution in [0.3, 0.4) is 0 Å². The van der Waals surface area contributed by atoms with Crippen LogP contribution in [0, 0.1) is 4.91 Å². The fourth-order valence-corrected chi connectivity index (χ4v) is 2.97. The Kier molecular flexibility index (Phi) is 10.9. The van der Waals surface area contributed by atoms with Crippen LogP contribution in [0.4, 0.5) is 0 Å². The van der Waals surface area contributed by atoms with Gasteiger partial charge in [0.2, 0.25) is 5.88 Å². The molecule has 8 heteroatoms. The summed E-state index contributed by atoms with van der Waals surface area (Å²) < 4.78 is 10.9. The quantitative estimate of drug-likeness (QED) is 0.215. The molecule has 0 bridgehead atoms. The van der Waals surface area contributed by atoms with Gasteiger partial charge in [0.25, 0.3) is 0 Å². The number of allylic oxidation sites excluding steroid dienone is 1. The standard InChI is InChI=1S/C23H29ClN4O3/c1-4-30-10-5-11-31-23-9-7-19(15-27-23)17(2)12-22(28-29)26-16-20-13-18(14-25-3)6-8-21(20)24/h6-9,12-13,15,25H,4-5,10-11,14,16H2,1-3H3/b17-12+,26-22?. The predicted octanol–water partition coefficient (Wildman–Crippen LogP) is 5.03. The number of pyridine rings is 1. The Morgan fingerprint density at radius 1 is 1.26 bits per heavy atom. The summed E-state index contributed by atoms with van der Waals surface area (Å²) in [5.41, 5.74) is 3.61. The minimum atomic E-state index is 0.101. The van der Waals surface area contributed by atoms with E-state index in [9.17, 15) is 4.91 Å². The van der Waals surface area contributed by atoms with Crippen molar-refractivity contribution in [1.29, 1.82) is 0 Å². The van der Waals surface area contributed by atoms with Crippen molar-refractivity contribution in [3.8, 4) is 5.88 Å². The fraction of sp³-hybridized carbons (Fsp3) is 0.391. The van der Waals surface area contributed by atoms with Gasteiger partial charge in [-0.05, 0) is 66.5 Å². The smallest absolute Gasteiger partial charge is 0.213 e. The molecule has 0 aliphatic heterocycles. The number of hydrogen-bond donors (Lipinski definition) is 1. The molecule has 31 heavy (non-hydrogen) atoms. The van der Waals surface area contributed by atoms with Crippen LogP contribution in [-0.4, -0.2) is 37.7 Å². The molecule has 0 saturated carbocycles. The maximum Gasteiger partial charge on any atom is 0.213 e. The Hall–Kier alpha value is -2.61. The number of nitrogens with one attached hydrogen (secondary N) is 1. The van der Waals surface area contributed by atoms with Crippen LogP contribution in [-0.2, 0) is 17.8 Å². The zero-order valence-corrected chi connectivity index (χ0v) is 19.0. The minimum Gasteiger partial charge on any atom is -0.478 e. The first kappa shape index (κ1) is 24.7. The van der Waals surface area contributed by atoms with E-state index in [2.05, 4.69) is 20.5 Å². The van der Waals surface area contributed by atoms with Crippen LogP contribution >= 0.6 is 11.6 Å². The third kappa shape index (κ3) is 8.57. The van der Waals surface area contributed by atoms with Crippen molar-refractivity contribution in [2.75, 3.05) is 26.9 Å². The van der Waals surface area contributed by atoms with Crippen LogP contribution in [0.15, 0.2) is 52.8 Å². The second-order valence-electron chi connectivity index (χ2n) is 6.83. The van der Waals surface area contributed by atoms with Crippen molar-refractivity contribution < 1.29 is 9.47 Å². The van der Waals surface area contributed by atoms with E-state index in [-0.39, 0.29) is 12.4 Å². The zero-order chi connectivity index (χ0) is 22.5. The van der Waals surface area contributed by atoms with Gasteiger partial charge in [0.05, 0.1) is 13.2 Å². The molecule has 2 rings (SSSR count). The molecule has 7 nitrogen and oxygen atoms in total. The van der Waals surface area contributed by atoms with E-state index in [0.717, 1.165) is 35.2 Å². The van der Waals surface area contributed by atoms with E-state index in [4.69, 9.17) is 21.1 Å². The Balaban J connectivity index is 2.01. The lowest BCUT2D eigenvalue weighted by Gasteiger charge is -2.07. The first-order valence-electron chi connectivity index (χ1n) is 10.2. The monoisotopic (exact) mass is 444 g/mol. The summed E-state index contributed by atoms with van der Waals surface area (Å²) in [6.07, 6.45) is 4.14. The first-order chi connectivity index (χ1) is 15.1. The lowest BCUT2D eigenvalue weighted by Crippen LogP contribution is -2.05. The maximum absolute atomic E-state index is 11.3. The van der Waals surface area contributed by atoms with Gasteiger partial charge in [-0.15, -0.1) is 4.91 Å². The minimum absolute atomic E-state index is 0.101. The molecular weight excluding hydrogens is 416 g/mol. The van der Waals surface area contributed by atoms with Crippen LogP contribution < -0.4 is 10.1 Å². The number of aromatic nitrogens is 1. The molecule has 1 heterocycles. The number of rotatable bonds is 12. The lowest BCUT2D eigenvalue weighted by molar-refractivity contribution is 0.130. The van der Waals surface area contributed by atoms with E-state index < -0.39 is 0 Å². The molecule has 0 radical (unpaired) electrons. The average molecular weight is 445 g/mol. The Bertz CT molecular complexity index is 898. The van der Waals surface area contributed by atoms with Crippen molar-refractivity contribution in [3.63, 3.8) is 0 Å². The molecule has 0 unspecified atom stereocenters. The molecule has 2 aromatic rings. The molecular formula is C23H29ClN4O3. The van der Waals surface area contributed by atoms with E-state index in [1.807, 2.05) is 45.2 Å². The molecule has 1 aromatic heterocycles. The molecule has 0 aliphatic carbocycles. The fourth-order valence-electron chi connectivity index (χ4n) is 2.79. The van der Waals surface area contributed by atoms with Crippen molar-refractivity contribution in [2.45, 2.75) is 33.4 Å². The Morgan fingerprint density at radius 3 is 2.77 bits per heavy atom. The SMILES string of the molecule is CCOCCCOc1ccc(/C(C)=C/C(N=O)=NCc2cc(CNC)ccc2Cl)cn1. The number of amidine groups is 1. The van der Waals surface area contributed by atoms with Gasteiger partial charge in [-0.3, -0.25) is 4.99 Å². The molecule has 0 amide bonds. The maximum atomic E-state index is 11.3. The average Bonchev–Trinajstić information content (AvgIpc) is 2.78. The Morgan fingerprint density at radius 2 is 2.10 bits per heavy atom. The molecule has 0 saturated heterocycles. The summed E-state index contributed by atoms with van der Waals surface area (Å²) in [5.74, 6) is 0.649. The van der Waals surface area contributed by atoms with Gasteiger partial charge in [0.1, 0.15) is 0 Å². The van der Waals surface area contributed by atoms with Gasteiger partial charge in [0, 0.05) is 43.5 Å². The highest BCUT2D eigenvalue weighted by atomic mass is 35.5. The highest BCUT2D eigenvalue weighted by Crippen LogP contribution is 2.20. The molecule has 1 aromatic carbocycles. The summed E-state index contributed by atoms with van der Waals surface area (Å²) in [4.78, 5) is 19.9. The molecule has 166 valence electrons. The van der Waals surface area contributed by atoms with Crippen molar-refractivity contribution in [2.24, 2.45) is 10.2 Å². The number of hydrogen-bond acceptors (Lipinski definition) is 6. The van der Waals surface area contributed by atoms with Crippen LogP contribution in [0.1, 0.15) is 37.0 Å². The van der Waals surface area contributed by atoms with Gasteiger partial charge in [0.15, 0.2) is 5.84 Å². The molecule has 0 fully saturated rings. The summed E-state index contributed by atoms with van der Waals surface area (Å²) in [6.45, 7) is 6.76. The van der Waals surface area contributed by atoms with E-state index in [0.29, 0.717) is 30.7 Å². The third-order valence-corrected chi connectivity index (χ3v) is 4.79. The van der Waals surface area contributed by atoms with Crippen LogP contribution in [0.5, 0.6) is 5.88 Å². The predicted molar refractivity (Wildman–Crippen MR) is 126 cm³/mol.